The molecule has 8 heteroatoms. The predicted molar refractivity (Wildman–Crippen MR) is 140 cm³/mol. The fraction of sp³-hybridized carbons (Fsp3) is 0.250. The molecule has 36 heavy (non-hydrogen) atoms. The normalized spacial score (nSPS) is 15.1. The van der Waals surface area contributed by atoms with E-state index in [1.54, 1.807) is 61.6 Å². The van der Waals surface area contributed by atoms with Crippen LogP contribution in [0.4, 0.5) is 5.13 Å². The van der Waals surface area contributed by atoms with Crippen LogP contribution in [0.2, 0.25) is 0 Å². The first-order valence-corrected chi connectivity index (χ1v) is 12.6. The van der Waals surface area contributed by atoms with Gasteiger partial charge in [0.2, 0.25) is 0 Å². The number of ether oxygens (including phenoxy) is 3. The maximum atomic E-state index is 13.8. The van der Waals surface area contributed by atoms with Crippen LogP contribution in [0.15, 0.2) is 66.7 Å². The fourth-order valence-electron chi connectivity index (χ4n) is 4.31. The van der Waals surface area contributed by atoms with E-state index in [0.29, 0.717) is 52.0 Å². The number of aromatic nitrogens is 1. The monoisotopic (exact) mass is 502 g/mol. The number of amides is 1. The number of carbonyl (C=O) groups is 2. The molecule has 1 unspecified atom stereocenters. The molecule has 3 aromatic carbocycles. The summed E-state index contributed by atoms with van der Waals surface area (Å²) in [6, 6.07) is 19.5. The summed E-state index contributed by atoms with van der Waals surface area (Å²) in [6.07, 6.45) is 1.78. The SMILES string of the molecule is COc1ccc(OC)c2sc(N(CC3CCCO3)C(=O)c3ccc(C(=O)c4ccccc4)cc3)nc12. The number of methoxy groups -OCH3 is 2. The first-order valence-electron chi connectivity index (χ1n) is 11.7. The molecule has 0 bridgehead atoms. The number of anilines is 1. The Morgan fingerprint density at radius 1 is 0.944 bits per heavy atom. The summed E-state index contributed by atoms with van der Waals surface area (Å²) >= 11 is 1.38. The van der Waals surface area contributed by atoms with Crippen molar-refractivity contribution in [1.82, 2.24) is 4.98 Å². The number of benzene rings is 3. The van der Waals surface area contributed by atoms with Gasteiger partial charge in [-0.2, -0.15) is 0 Å². The Morgan fingerprint density at radius 3 is 2.28 bits per heavy atom. The Kier molecular flexibility index (Phi) is 6.97. The van der Waals surface area contributed by atoms with E-state index in [4.69, 9.17) is 19.2 Å². The third kappa shape index (κ3) is 4.69. The number of hydrogen-bond donors (Lipinski definition) is 0. The molecule has 1 aliphatic heterocycles. The van der Waals surface area contributed by atoms with E-state index in [1.807, 2.05) is 24.3 Å². The van der Waals surface area contributed by atoms with E-state index in [9.17, 15) is 9.59 Å². The van der Waals surface area contributed by atoms with Crippen molar-refractivity contribution < 1.29 is 23.8 Å². The highest BCUT2D eigenvalue weighted by Gasteiger charge is 2.28. The highest BCUT2D eigenvalue weighted by atomic mass is 32.1. The van der Waals surface area contributed by atoms with Gasteiger partial charge < -0.3 is 14.2 Å². The van der Waals surface area contributed by atoms with Crippen molar-refractivity contribution in [2.45, 2.75) is 18.9 Å². The third-order valence-corrected chi connectivity index (χ3v) is 7.31. The van der Waals surface area contributed by atoms with E-state index in [2.05, 4.69) is 0 Å². The molecule has 1 amide bonds. The molecule has 1 saturated heterocycles. The average molecular weight is 503 g/mol. The molecule has 0 N–H and O–H groups in total. The average Bonchev–Trinajstić information content (AvgIpc) is 3.61. The molecular weight excluding hydrogens is 476 g/mol. The quantitative estimate of drug-likeness (QED) is 0.302. The van der Waals surface area contributed by atoms with Gasteiger partial charge in [0.15, 0.2) is 10.9 Å². The molecule has 1 aromatic heterocycles. The van der Waals surface area contributed by atoms with Crippen LogP contribution in [-0.4, -0.2) is 50.1 Å². The minimum Gasteiger partial charge on any atom is -0.495 e. The molecule has 0 aliphatic carbocycles. The Hall–Kier alpha value is -3.75. The number of fused-ring (bicyclic) bond motifs is 1. The summed E-state index contributed by atoms with van der Waals surface area (Å²) in [5.74, 6) is 0.988. The summed E-state index contributed by atoms with van der Waals surface area (Å²) in [5.41, 5.74) is 2.24. The van der Waals surface area contributed by atoms with Gasteiger partial charge in [0.1, 0.15) is 21.7 Å². The Morgan fingerprint density at radius 2 is 1.61 bits per heavy atom. The van der Waals surface area contributed by atoms with Crippen LogP contribution in [0, 0.1) is 0 Å². The van der Waals surface area contributed by atoms with Crippen molar-refractivity contribution >= 4 is 38.4 Å². The summed E-state index contributed by atoms with van der Waals surface area (Å²) in [4.78, 5) is 33.0. The molecule has 0 radical (unpaired) electrons. The Bertz CT molecular complexity index is 1340. The van der Waals surface area contributed by atoms with Gasteiger partial charge in [0.05, 0.1) is 26.9 Å². The minimum atomic E-state index is -0.207. The number of thiazole rings is 1. The summed E-state index contributed by atoms with van der Waals surface area (Å²) in [5, 5.41) is 0.540. The van der Waals surface area contributed by atoms with Gasteiger partial charge in [0, 0.05) is 23.3 Å². The zero-order valence-corrected chi connectivity index (χ0v) is 20.9. The highest BCUT2D eigenvalue weighted by Crippen LogP contribution is 2.40. The summed E-state index contributed by atoms with van der Waals surface area (Å²) in [7, 11) is 3.20. The second kappa shape index (κ2) is 10.5. The van der Waals surface area contributed by atoms with Crippen LogP contribution in [-0.2, 0) is 4.74 Å². The van der Waals surface area contributed by atoms with Crippen molar-refractivity contribution in [2.75, 3.05) is 32.3 Å². The fourth-order valence-corrected chi connectivity index (χ4v) is 5.39. The number of nitrogens with zero attached hydrogens (tertiary/aromatic N) is 2. The van der Waals surface area contributed by atoms with Crippen LogP contribution in [0.25, 0.3) is 10.2 Å². The molecule has 0 saturated carbocycles. The van der Waals surface area contributed by atoms with Gasteiger partial charge in [-0.3, -0.25) is 14.5 Å². The van der Waals surface area contributed by atoms with Crippen LogP contribution >= 0.6 is 11.3 Å². The van der Waals surface area contributed by atoms with Crippen LogP contribution in [0.5, 0.6) is 11.5 Å². The van der Waals surface area contributed by atoms with Crippen molar-refractivity contribution in [3.05, 3.63) is 83.4 Å². The van der Waals surface area contributed by atoms with Crippen molar-refractivity contribution in [3.8, 4) is 11.5 Å². The van der Waals surface area contributed by atoms with Gasteiger partial charge in [-0.15, -0.1) is 0 Å². The lowest BCUT2D eigenvalue weighted by Gasteiger charge is -2.23. The highest BCUT2D eigenvalue weighted by molar-refractivity contribution is 7.22. The molecule has 5 rings (SSSR count). The summed E-state index contributed by atoms with van der Waals surface area (Å²) < 4.78 is 17.7. The van der Waals surface area contributed by atoms with E-state index < -0.39 is 0 Å². The zero-order chi connectivity index (χ0) is 25.1. The van der Waals surface area contributed by atoms with E-state index in [-0.39, 0.29) is 17.8 Å². The summed E-state index contributed by atoms with van der Waals surface area (Å²) in [6.45, 7) is 1.07. The van der Waals surface area contributed by atoms with Crippen LogP contribution in [0.3, 0.4) is 0 Å². The number of ketones is 1. The second-order valence-electron chi connectivity index (χ2n) is 8.47. The van der Waals surface area contributed by atoms with Gasteiger partial charge in [-0.25, -0.2) is 4.98 Å². The van der Waals surface area contributed by atoms with Crippen LogP contribution < -0.4 is 14.4 Å². The molecule has 1 aliphatic rings. The minimum absolute atomic E-state index is 0.0660. The maximum Gasteiger partial charge on any atom is 0.260 e. The van der Waals surface area contributed by atoms with E-state index >= 15 is 0 Å². The van der Waals surface area contributed by atoms with E-state index in [1.165, 1.54) is 11.3 Å². The van der Waals surface area contributed by atoms with Crippen molar-refractivity contribution in [3.63, 3.8) is 0 Å². The molecule has 184 valence electrons. The van der Waals surface area contributed by atoms with Gasteiger partial charge >= 0.3 is 0 Å². The van der Waals surface area contributed by atoms with Gasteiger partial charge in [0.25, 0.3) is 5.91 Å². The Labute approximate surface area is 213 Å². The van der Waals surface area contributed by atoms with Crippen molar-refractivity contribution in [2.24, 2.45) is 0 Å². The van der Waals surface area contributed by atoms with Crippen LogP contribution in [0.1, 0.15) is 39.1 Å². The Balaban J connectivity index is 1.49. The van der Waals surface area contributed by atoms with Gasteiger partial charge in [-0.05, 0) is 37.1 Å². The molecular formula is C28H26N2O5S. The maximum absolute atomic E-state index is 13.8. The molecule has 7 nitrogen and oxygen atoms in total. The number of carbonyl (C=O) groups excluding carboxylic acids is 2. The first-order chi connectivity index (χ1) is 17.6. The third-order valence-electron chi connectivity index (χ3n) is 6.22. The van der Waals surface area contributed by atoms with Crippen molar-refractivity contribution in [1.29, 1.82) is 0 Å². The lowest BCUT2D eigenvalue weighted by atomic mass is 10.0. The predicted octanol–water partition coefficient (Wildman–Crippen LogP) is 5.37. The lowest BCUT2D eigenvalue weighted by molar-refractivity contribution is 0.0917. The molecule has 4 aromatic rings. The smallest absolute Gasteiger partial charge is 0.260 e. The second-order valence-corrected chi connectivity index (χ2v) is 9.45. The largest absolute Gasteiger partial charge is 0.495 e. The standard InChI is InChI=1S/C28H26N2O5S/c1-33-22-14-15-23(34-2)26-24(22)29-28(36-26)30(17-21-9-6-16-35-21)27(32)20-12-10-19(11-13-20)25(31)18-7-4-3-5-8-18/h3-5,7-8,10-15,21H,6,9,16-17H2,1-2H3. The lowest BCUT2D eigenvalue weighted by Crippen LogP contribution is -2.37. The first kappa shape index (κ1) is 24.0. The number of rotatable bonds is 8. The molecule has 1 atom stereocenters. The molecule has 1 fully saturated rings. The zero-order valence-electron chi connectivity index (χ0n) is 20.1. The molecule has 2 heterocycles. The topological polar surface area (TPSA) is 78.0 Å². The van der Waals surface area contributed by atoms with Gasteiger partial charge in [-0.1, -0.05) is 53.8 Å². The van der Waals surface area contributed by atoms with E-state index in [0.717, 1.165) is 17.5 Å². The molecule has 0 spiro atoms. The number of hydrogen-bond acceptors (Lipinski definition) is 7.